The van der Waals surface area contributed by atoms with E-state index < -0.39 is 47.7 Å². The zero-order valence-electron chi connectivity index (χ0n) is 95.3. The molecule has 0 radical (unpaired) electrons. The summed E-state index contributed by atoms with van der Waals surface area (Å²) < 4.78 is 69.0. The van der Waals surface area contributed by atoms with E-state index >= 15 is 0 Å². The molecule has 36 heteroatoms. The van der Waals surface area contributed by atoms with Crippen LogP contribution in [0.3, 0.4) is 0 Å². The third-order valence-electron chi connectivity index (χ3n) is 21.7. The van der Waals surface area contributed by atoms with Crippen LogP contribution in [-0.2, 0) is 95.1 Å². The van der Waals surface area contributed by atoms with E-state index in [0.29, 0.717) is 29.7 Å². The van der Waals surface area contributed by atoms with Gasteiger partial charge in [0, 0.05) is 118 Å². The van der Waals surface area contributed by atoms with Crippen LogP contribution in [0.5, 0.6) is 5.75 Å². The number of aromatic hydroxyl groups is 1. The van der Waals surface area contributed by atoms with Gasteiger partial charge in [-0.05, 0) is 185 Å². The first-order valence-electron chi connectivity index (χ1n) is 51.8. The highest BCUT2D eigenvalue weighted by molar-refractivity contribution is 5.92. The van der Waals surface area contributed by atoms with E-state index in [-0.39, 0.29) is 99.5 Å². The summed E-state index contributed by atoms with van der Waals surface area (Å²) in [6.45, 7) is 33.6. The number of aromatic carboxylic acids is 1. The molecule has 14 unspecified atom stereocenters. The second kappa shape index (κ2) is 121. The molecule has 4 rings (SSSR count). The summed E-state index contributed by atoms with van der Waals surface area (Å²) in [4.78, 5) is 72.4. The minimum absolute atomic E-state index is 0.0289. The van der Waals surface area contributed by atoms with Gasteiger partial charge in [-0.3, -0.25) is 56.4 Å². The number of ether oxygens (including phenoxy) is 14. The van der Waals surface area contributed by atoms with Crippen molar-refractivity contribution in [3.63, 3.8) is 0 Å². The van der Waals surface area contributed by atoms with E-state index in [1.165, 1.54) is 141 Å². The molecule has 36 nitrogen and oxygen atoms in total. The van der Waals surface area contributed by atoms with Crippen molar-refractivity contribution >= 4 is 41.8 Å². The van der Waals surface area contributed by atoms with Crippen molar-refractivity contribution in [2.45, 2.75) is 449 Å². The van der Waals surface area contributed by atoms with Gasteiger partial charge in [0.2, 0.25) is 0 Å². The number of nitrogens with one attached hydrogen (secondary N) is 7. The molecule has 2 aliphatic rings. The van der Waals surface area contributed by atoms with Gasteiger partial charge in [-0.15, -0.1) is 0 Å². The van der Waals surface area contributed by atoms with Gasteiger partial charge in [-0.2, -0.15) is 0 Å². The molecule has 0 aromatic heterocycles. The van der Waals surface area contributed by atoms with Crippen molar-refractivity contribution in [3.8, 4) is 5.75 Å². The van der Waals surface area contributed by atoms with Crippen molar-refractivity contribution in [1.82, 2.24) is 37.2 Å². The second-order valence-electron chi connectivity index (χ2n) is 34.2. The number of para-hydroxylation sites is 1. The number of carbonyl (C=O) groups is 7. The molecular weight excluding hydrogens is 1860 g/mol. The first-order valence-corrected chi connectivity index (χ1v) is 51.8. The van der Waals surface area contributed by atoms with E-state index in [1.807, 2.05) is 109 Å². The summed E-state index contributed by atoms with van der Waals surface area (Å²) in [5.74, 6) is -7.09. The van der Waals surface area contributed by atoms with Gasteiger partial charge in [0.05, 0.1) is 11.5 Å². The number of carboxylic acid groups (broad SMARTS) is 7. The Bertz CT molecular complexity index is 2840. The molecule has 0 spiro atoms. The van der Waals surface area contributed by atoms with Crippen LogP contribution in [0, 0.1) is 11.8 Å². The summed E-state index contributed by atoms with van der Waals surface area (Å²) in [5.41, 5.74) is 0.929. The average molecular weight is 2070 g/mol. The summed E-state index contributed by atoms with van der Waals surface area (Å²) in [7, 11) is 23.1. The van der Waals surface area contributed by atoms with E-state index in [9.17, 15) is 33.6 Å². The molecule has 2 aliphatic carbocycles. The monoisotopic (exact) mass is 2070 g/mol. The molecule has 2 aromatic carbocycles. The summed E-state index contributed by atoms with van der Waals surface area (Å²) in [6, 6.07) is 17.0. The SMILES string of the molecule is CCCCCCCCCCC=CC(=O)O.CCCCCCCCCCCC(=O)O.CCCCCCCCCCCC(C(=O)O)C(=O)O.COC(C)NC(C)OC.COC(C)NC(C)OC.COC(C)NC(C)OC.COC(C)NC(C)OC.COC(C)NC(C)OC.COC(C)NC(C)OC.COC(C)NC(C)OC.O=C(O)C1=CCCCC1.O=C(O)C1CCCCC1.O=C(O)c1ccccc1.Oc1ccccc1. The maximum Gasteiger partial charge on any atom is 0.335 e. The lowest BCUT2D eigenvalue weighted by Gasteiger charge is -2.16. The number of allylic oxidation sites excluding steroid dienone is 2. The lowest BCUT2D eigenvalue weighted by atomic mass is 9.90. The number of aliphatic carboxylic acids is 6. The Morgan fingerprint density at radius 2 is 0.576 bits per heavy atom. The van der Waals surface area contributed by atoms with E-state index in [4.69, 9.17) is 107 Å². The maximum atomic E-state index is 10.6. The average Bonchev–Trinajstić information content (AvgIpc) is 0.946. The summed E-state index contributed by atoms with van der Waals surface area (Å²) in [5, 5.41) is 89.4. The largest absolute Gasteiger partial charge is 0.508 e. The minimum Gasteiger partial charge on any atom is -0.508 e. The number of methoxy groups -OCH3 is 14. The molecule has 854 valence electrons. The summed E-state index contributed by atoms with van der Waals surface area (Å²) in [6.07, 6.45) is 48.0. The molecule has 0 bridgehead atoms. The number of hydrogen-bond acceptors (Lipinski definition) is 29. The normalized spacial score (nSPS) is 14.6. The highest BCUT2D eigenvalue weighted by atomic mass is 16.5. The second-order valence-corrected chi connectivity index (χ2v) is 34.2. The Morgan fingerprint density at radius 3 is 0.764 bits per heavy atom. The molecular formula is C108H213N7O29. The number of phenolic OH excluding ortho intramolecular Hbond substituents is 1. The fourth-order valence-electron chi connectivity index (χ4n) is 11.8. The smallest absolute Gasteiger partial charge is 0.335 e. The predicted octanol–water partition coefficient (Wildman–Crippen LogP) is 21.8. The fraction of sp³-hybridized carbons (Fsp3) is 0.787. The number of carboxylic acids is 7. The minimum atomic E-state index is -1.23. The van der Waals surface area contributed by atoms with Crippen molar-refractivity contribution in [2.75, 3.05) is 99.5 Å². The van der Waals surface area contributed by atoms with E-state index in [1.54, 1.807) is 160 Å². The summed E-state index contributed by atoms with van der Waals surface area (Å²) >= 11 is 0. The zero-order chi connectivity index (χ0) is 112. The van der Waals surface area contributed by atoms with E-state index in [0.717, 1.165) is 89.9 Å². The van der Waals surface area contributed by atoms with Gasteiger partial charge in [-0.1, -0.05) is 243 Å². The van der Waals surface area contributed by atoms with E-state index in [2.05, 4.69) is 58.0 Å². The van der Waals surface area contributed by atoms with Crippen molar-refractivity contribution < 1.29 is 141 Å². The van der Waals surface area contributed by atoms with Crippen molar-refractivity contribution in [1.29, 1.82) is 0 Å². The van der Waals surface area contributed by atoms with Crippen LogP contribution in [0.2, 0.25) is 0 Å². The van der Waals surface area contributed by atoms with Gasteiger partial charge in [0.1, 0.15) is 92.9 Å². The third kappa shape index (κ3) is 133. The van der Waals surface area contributed by atoms with Crippen LogP contribution in [0.1, 0.15) is 372 Å². The molecule has 0 heterocycles. The quantitative estimate of drug-likeness (QED) is 0.0127. The van der Waals surface area contributed by atoms with Gasteiger partial charge < -0.3 is 107 Å². The highest BCUT2D eigenvalue weighted by Crippen LogP contribution is 2.24. The van der Waals surface area contributed by atoms with Crippen LogP contribution in [0.15, 0.2) is 84.5 Å². The number of rotatable bonds is 63. The Morgan fingerprint density at radius 1 is 0.319 bits per heavy atom. The van der Waals surface area contributed by atoms with Crippen molar-refractivity contribution in [3.05, 3.63) is 90.0 Å². The molecule has 144 heavy (non-hydrogen) atoms. The molecule has 1 fully saturated rings. The van der Waals surface area contributed by atoms with Crippen LogP contribution < -0.4 is 37.2 Å². The van der Waals surface area contributed by atoms with Crippen LogP contribution >= 0.6 is 0 Å². The van der Waals surface area contributed by atoms with Crippen LogP contribution in [0.25, 0.3) is 0 Å². The maximum absolute atomic E-state index is 10.6. The first-order chi connectivity index (χ1) is 68.4. The lowest BCUT2D eigenvalue weighted by Crippen LogP contribution is -2.36. The predicted molar refractivity (Wildman–Crippen MR) is 577 cm³/mol. The third-order valence-corrected chi connectivity index (χ3v) is 21.7. The number of benzene rings is 2. The van der Waals surface area contributed by atoms with Crippen molar-refractivity contribution in [2.24, 2.45) is 11.8 Å². The lowest BCUT2D eigenvalue weighted by molar-refractivity contribution is -0.155. The molecule has 14 atom stereocenters. The van der Waals surface area contributed by atoms with Gasteiger partial charge in [0.15, 0.2) is 5.92 Å². The molecule has 1 saturated carbocycles. The Balaban J connectivity index is -0.000000169. The standard InChI is InChI=1S/C14H26O4.C13H24O2.C12H24O2.C7H12O2.C7H10O2.C7H6O2.7C6H15NO2.C6H6O/c1-2-3-4-5-6-7-8-9-10-11-12(13(15)16)14(17)18;1-2-3-4-5-6-7-8-9-10-11-12-13(14)15;1-2-3-4-5-6-7-8-9-10-11-12(13)14;3*8-7(9)6-4-2-1-3-5-6;7*1-5(8-3)7-6(2)9-4;7-6-4-2-1-3-5-6/h12H,2-11H2,1H3,(H,15,16)(H,17,18);11-12H,2-10H2,1H3,(H,14,15);2-11H2,1H3,(H,13,14);6H,1-5H2,(H,8,9);4H,1-3,5H2,(H,8,9);1-5H,(H,8,9);7*5-7H,1-4H3;1-5,7H. The number of unbranched alkanes of at least 4 members (excludes halogenated alkanes) is 24. The molecule has 0 saturated heterocycles. The Labute approximate surface area is 871 Å². The molecule has 0 amide bonds. The highest BCUT2D eigenvalue weighted by Gasteiger charge is 2.25. The van der Waals surface area contributed by atoms with Crippen LogP contribution in [0.4, 0.5) is 0 Å². The molecule has 15 N–H and O–H groups in total. The number of hydrogen-bond donors (Lipinski definition) is 15. The van der Waals surface area contributed by atoms with Crippen LogP contribution in [-0.4, -0.2) is 269 Å². The molecule has 0 aliphatic heterocycles. The zero-order valence-corrected chi connectivity index (χ0v) is 95.3. The topological polar surface area (TPSA) is 495 Å². The number of phenols is 1. The first kappa shape index (κ1) is 157. The fourth-order valence-corrected chi connectivity index (χ4v) is 11.8. The van der Waals surface area contributed by atoms with Gasteiger partial charge in [0.25, 0.3) is 0 Å². The van der Waals surface area contributed by atoms with Gasteiger partial charge >= 0.3 is 41.8 Å². The van der Waals surface area contributed by atoms with Gasteiger partial charge in [-0.25, -0.2) is 14.4 Å². The Hall–Kier alpha value is -6.83. The molecule has 2 aromatic rings. The Kier molecular flexibility index (Phi) is 133.